The second-order valence-electron chi connectivity index (χ2n) is 9.27. The van der Waals surface area contributed by atoms with Gasteiger partial charge < -0.3 is 25.2 Å². The van der Waals surface area contributed by atoms with Crippen molar-refractivity contribution in [2.24, 2.45) is 4.99 Å². The number of benzene rings is 1. The van der Waals surface area contributed by atoms with E-state index in [0.29, 0.717) is 28.2 Å². The smallest absolute Gasteiger partial charge is 0.326 e. The molecule has 3 aromatic heterocycles. The summed E-state index contributed by atoms with van der Waals surface area (Å²) in [7, 11) is 0. The van der Waals surface area contributed by atoms with E-state index in [1.165, 1.54) is 5.69 Å². The van der Waals surface area contributed by atoms with E-state index in [4.69, 9.17) is 9.98 Å². The minimum Gasteiger partial charge on any atom is -0.493 e. The summed E-state index contributed by atoms with van der Waals surface area (Å²) in [6.07, 6.45) is 5.43. The molecular formula is C25H29N9O2. The third-order valence-electron chi connectivity index (χ3n) is 6.70. The lowest BCUT2D eigenvalue weighted by Gasteiger charge is -2.35. The molecule has 186 valence electrons. The van der Waals surface area contributed by atoms with E-state index in [2.05, 4.69) is 61.4 Å². The Morgan fingerprint density at radius 2 is 1.94 bits per heavy atom. The number of rotatable bonds is 6. The van der Waals surface area contributed by atoms with Gasteiger partial charge in [-0.1, -0.05) is 6.92 Å². The fourth-order valence-electron chi connectivity index (χ4n) is 4.49. The molecule has 1 aromatic carbocycles. The van der Waals surface area contributed by atoms with Crippen molar-refractivity contribution in [2.45, 2.75) is 25.8 Å². The maximum absolute atomic E-state index is 11.5. The molecule has 0 radical (unpaired) electrons. The minimum atomic E-state index is -0.481. The zero-order valence-corrected chi connectivity index (χ0v) is 20.1. The molecule has 0 amide bonds. The average molecular weight is 488 g/mol. The van der Waals surface area contributed by atoms with Gasteiger partial charge in [-0.15, -0.1) is 0 Å². The Morgan fingerprint density at radius 1 is 1.17 bits per heavy atom. The van der Waals surface area contributed by atoms with Crippen LogP contribution < -0.4 is 26.6 Å². The Balaban J connectivity index is 1.32. The van der Waals surface area contributed by atoms with E-state index in [1.54, 1.807) is 16.8 Å². The largest absolute Gasteiger partial charge is 0.493 e. The quantitative estimate of drug-likeness (QED) is 0.319. The van der Waals surface area contributed by atoms with Gasteiger partial charge in [-0.3, -0.25) is 9.98 Å². The second-order valence-corrected chi connectivity index (χ2v) is 9.27. The van der Waals surface area contributed by atoms with E-state index in [-0.39, 0.29) is 11.6 Å². The molecule has 0 unspecified atom stereocenters. The van der Waals surface area contributed by atoms with Crippen molar-refractivity contribution in [2.75, 3.05) is 42.9 Å². The summed E-state index contributed by atoms with van der Waals surface area (Å²) in [5, 5.41) is 18.5. The molecule has 1 saturated carbocycles. The van der Waals surface area contributed by atoms with Gasteiger partial charge in [0.05, 0.1) is 12.2 Å². The summed E-state index contributed by atoms with van der Waals surface area (Å²) in [5.74, 6) is 0.417. The Bertz CT molecular complexity index is 1560. The standard InChI is InChI=1S/C25H29N9O2/c1-2-32-9-11-33(12-10-32)19-7-5-17(6-8-19)27-21-14-22(28-18-3-4-18)34-23(30-21)16(15-26-34)13-20-24(35)31-25(36)29-20/h5-8,13-15,18,27,35H,2-4,9-12H2,1H3,(H2,29,31,36)/b16-13-,28-22?. The highest BCUT2D eigenvalue weighted by Gasteiger charge is 2.20. The highest BCUT2D eigenvalue weighted by Crippen LogP contribution is 2.23. The Kier molecular flexibility index (Phi) is 5.68. The van der Waals surface area contributed by atoms with Gasteiger partial charge in [0.1, 0.15) is 11.5 Å². The number of aromatic nitrogens is 5. The fraction of sp³-hybridized carbons (Fsp3) is 0.360. The Morgan fingerprint density at radius 3 is 2.61 bits per heavy atom. The SMILES string of the molecule is CCN1CCN(c2ccc(Nc3cc(=NC4CC4)n4nc/c(=C/c5[nH]c(=O)[nH]c5O)c4n3)cc2)CC1. The van der Waals surface area contributed by atoms with Crippen LogP contribution in [0.25, 0.3) is 11.7 Å². The molecular weight excluding hydrogens is 458 g/mol. The van der Waals surface area contributed by atoms with Crippen LogP contribution in [0.1, 0.15) is 25.5 Å². The Labute approximate surface area is 206 Å². The van der Waals surface area contributed by atoms with Crippen molar-refractivity contribution in [3.63, 3.8) is 0 Å². The number of H-pyrrole nitrogens is 2. The molecule has 4 heterocycles. The van der Waals surface area contributed by atoms with Gasteiger partial charge >= 0.3 is 5.69 Å². The summed E-state index contributed by atoms with van der Waals surface area (Å²) in [6, 6.07) is 10.6. The van der Waals surface area contributed by atoms with Gasteiger partial charge in [0.15, 0.2) is 11.1 Å². The molecule has 11 nitrogen and oxygen atoms in total. The molecule has 11 heteroatoms. The molecule has 0 spiro atoms. The first-order valence-corrected chi connectivity index (χ1v) is 12.4. The summed E-state index contributed by atoms with van der Waals surface area (Å²) < 4.78 is 1.69. The van der Waals surface area contributed by atoms with Crippen LogP contribution >= 0.6 is 0 Å². The van der Waals surface area contributed by atoms with E-state index in [9.17, 15) is 9.90 Å². The van der Waals surface area contributed by atoms with Crippen molar-refractivity contribution in [1.29, 1.82) is 0 Å². The third-order valence-corrected chi connectivity index (χ3v) is 6.70. The summed E-state index contributed by atoms with van der Waals surface area (Å²) >= 11 is 0. The molecule has 36 heavy (non-hydrogen) atoms. The molecule has 2 aliphatic rings. The molecule has 2 fully saturated rings. The van der Waals surface area contributed by atoms with E-state index < -0.39 is 5.69 Å². The van der Waals surface area contributed by atoms with Crippen molar-refractivity contribution in [3.8, 4) is 5.88 Å². The highest BCUT2D eigenvalue weighted by molar-refractivity contribution is 5.63. The van der Waals surface area contributed by atoms with E-state index >= 15 is 0 Å². The fourth-order valence-corrected chi connectivity index (χ4v) is 4.49. The number of fused-ring (bicyclic) bond motifs is 1. The van der Waals surface area contributed by atoms with Gasteiger partial charge in [0.2, 0.25) is 5.88 Å². The topological polar surface area (TPSA) is 130 Å². The van der Waals surface area contributed by atoms with Crippen LogP contribution in [0.15, 0.2) is 46.3 Å². The number of imidazole rings is 1. The number of anilines is 3. The lowest BCUT2D eigenvalue weighted by atomic mass is 10.2. The number of piperazine rings is 1. The first-order chi connectivity index (χ1) is 17.6. The monoisotopic (exact) mass is 487 g/mol. The number of aromatic amines is 2. The van der Waals surface area contributed by atoms with Crippen LogP contribution in [0.3, 0.4) is 0 Å². The third kappa shape index (κ3) is 4.57. The first kappa shape index (κ1) is 22.4. The number of nitrogens with one attached hydrogen (secondary N) is 3. The molecule has 4 aromatic rings. The van der Waals surface area contributed by atoms with Crippen molar-refractivity contribution in [1.82, 2.24) is 29.5 Å². The molecule has 0 atom stereocenters. The molecule has 1 aliphatic heterocycles. The maximum atomic E-state index is 11.5. The van der Waals surface area contributed by atoms with Crippen molar-refractivity contribution >= 4 is 28.9 Å². The summed E-state index contributed by atoms with van der Waals surface area (Å²) in [5.41, 5.74) is 3.22. The van der Waals surface area contributed by atoms with Crippen LogP contribution in [-0.4, -0.2) is 73.3 Å². The molecule has 6 rings (SSSR count). The minimum absolute atomic E-state index is 0.229. The van der Waals surface area contributed by atoms with Crippen LogP contribution in [0.5, 0.6) is 5.88 Å². The first-order valence-electron chi connectivity index (χ1n) is 12.4. The number of nitrogens with zero attached hydrogens (tertiary/aromatic N) is 6. The zero-order valence-electron chi connectivity index (χ0n) is 20.1. The predicted molar refractivity (Wildman–Crippen MR) is 137 cm³/mol. The number of aromatic hydroxyl groups is 1. The van der Waals surface area contributed by atoms with Crippen LogP contribution in [-0.2, 0) is 0 Å². The van der Waals surface area contributed by atoms with Crippen molar-refractivity contribution < 1.29 is 5.11 Å². The summed E-state index contributed by atoms with van der Waals surface area (Å²) in [4.78, 5) is 30.9. The van der Waals surface area contributed by atoms with Gasteiger partial charge in [-0.2, -0.15) is 9.61 Å². The average Bonchev–Trinajstić information content (AvgIpc) is 3.53. The number of likely N-dealkylation sites (N-methyl/N-ethyl adjacent to an activating group) is 1. The normalized spacial score (nSPS) is 17.9. The molecule has 0 bridgehead atoms. The van der Waals surface area contributed by atoms with Gasteiger partial charge in [0, 0.05) is 48.8 Å². The zero-order chi connectivity index (χ0) is 24.6. The van der Waals surface area contributed by atoms with Gasteiger partial charge in [-0.05, 0) is 49.7 Å². The van der Waals surface area contributed by atoms with Crippen LogP contribution in [0.4, 0.5) is 17.2 Å². The molecule has 1 aliphatic carbocycles. The van der Waals surface area contributed by atoms with Crippen LogP contribution in [0, 0.1) is 0 Å². The van der Waals surface area contributed by atoms with Crippen molar-refractivity contribution in [3.05, 3.63) is 63.4 Å². The number of hydrogen-bond donors (Lipinski definition) is 4. The Hall–Kier alpha value is -4.12. The molecule has 4 N–H and O–H groups in total. The van der Waals surface area contributed by atoms with Crippen LogP contribution in [0.2, 0.25) is 0 Å². The second kappa shape index (κ2) is 9.15. The molecule has 1 saturated heterocycles. The summed E-state index contributed by atoms with van der Waals surface area (Å²) in [6.45, 7) is 7.56. The lowest BCUT2D eigenvalue weighted by molar-refractivity contribution is 0.271. The van der Waals surface area contributed by atoms with E-state index in [0.717, 1.165) is 51.3 Å². The lowest BCUT2D eigenvalue weighted by Crippen LogP contribution is -2.46. The van der Waals surface area contributed by atoms with E-state index in [1.807, 2.05) is 6.07 Å². The number of hydrogen-bond acceptors (Lipinski definition) is 8. The maximum Gasteiger partial charge on any atom is 0.326 e. The van der Waals surface area contributed by atoms with Gasteiger partial charge in [-0.25, -0.2) is 9.78 Å². The highest BCUT2D eigenvalue weighted by atomic mass is 16.3. The van der Waals surface area contributed by atoms with Gasteiger partial charge in [0.25, 0.3) is 0 Å². The predicted octanol–water partition coefficient (Wildman–Crippen LogP) is 0.948.